The number of aromatic nitrogens is 3. The maximum absolute atomic E-state index is 11.3. The van der Waals surface area contributed by atoms with E-state index in [1.165, 1.54) is 6.33 Å². The lowest BCUT2D eigenvalue weighted by atomic mass is 9.74. The highest BCUT2D eigenvalue weighted by Gasteiger charge is 2.56. The van der Waals surface area contributed by atoms with Crippen molar-refractivity contribution < 1.29 is 14.6 Å². The molecule has 170 valence electrons. The Bertz CT molecular complexity index is 1200. The Hall–Kier alpha value is -3.72. The molecule has 0 saturated heterocycles. The summed E-state index contributed by atoms with van der Waals surface area (Å²) in [5, 5.41) is 11.3. The Morgan fingerprint density at radius 3 is 2.58 bits per heavy atom. The summed E-state index contributed by atoms with van der Waals surface area (Å²) in [5.74, 6) is 1.65. The smallest absolute Gasteiger partial charge is 0.194 e. The molecule has 5 rings (SSSR count). The fraction of sp³-hybridized carbons (Fsp3) is 0.333. The van der Waals surface area contributed by atoms with E-state index in [1.54, 1.807) is 37.6 Å². The second-order valence-electron chi connectivity index (χ2n) is 8.83. The molecule has 9 heteroatoms. The van der Waals surface area contributed by atoms with Crippen LogP contribution in [-0.4, -0.2) is 56.9 Å². The Morgan fingerprint density at radius 2 is 1.94 bits per heavy atom. The van der Waals surface area contributed by atoms with Crippen LogP contribution in [0.5, 0.6) is 11.5 Å². The van der Waals surface area contributed by atoms with Gasteiger partial charge in [-0.05, 0) is 30.7 Å². The number of aliphatic hydroxyl groups excluding tert-OH is 1. The van der Waals surface area contributed by atoms with Crippen molar-refractivity contribution in [2.24, 2.45) is 10.7 Å². The first-order chi connectivity index (χ1) is 15.8. The molecule has 3 N–H and O–H groups in total. The highest BCUT2D eigenvalue weighted by Crippen LogP contribution is 2.51. The maximum Gasteiger partial charge on any atom is 0.194 e. The van der Waals surface area contributed by atoms with Crippen LogP contribution in [0.2, 0.25) is 0 Å². The van der Waals surface area contributed by atoms with E-state index < -0.39 is 17.4 Å². The highest BCUT2D eigenvalue weighted by molar-refractivity contribution is 5.81. The van der Waals surface area contributed by atoms with Crippen LogP contribution >= 0.6 is 0 Å². The summed E-state index contributed by atoms with van der Waals surface area (Å²) in [5.41, 5.74) is 7.78. The maximum atomic E-state index is 11.3. The van der Waals surface area contributed by atoms with E-state index in [1.807, 2.05) is 37.3 Å². The number of fused-ring (bicyclic) bond motifs is 2. The van der Waals surface area contributed by atoms with Gasteiger partial charge in [0, 0.05) is 43.4 Å². The van der Waals surface area contributed by atoms with Crippen LogP contribution in [0.3, 0.4) is 0 Å². The molecular weight excluding hydrogens is 420 g/mol. The van der Waals surface area contributed by atoms with Gasteiger partial charge in [-0.3, -0.25) is 4.98 Å². The number of ether oxygens (including phenoxy) is 2. The predicted octanol–water partition coefficient (Wildman–Crippen LogP) is 2.10. The Morgan fingerprint density at radius 1 is 1.21 bits per heavy atom. The van der Waals surface area contributed by atoms with Gasteiger partial charge < -0.3 is 25.2 Å². The predicted molar refractivity (Wildman–Crippen MR) is 123 cm³/mol. The van der Waals surface area contributed by atoms with Gasteiger partial charge in [-0.2, -0.15) is 0 Å². The number of nitrogens with zero attached hydrogens (tertiary/aromatic N) is 5. The van der Waals surface area contributed by atoms with Crippen molar-refractivity contribution >= 4 is 5.96 Å². The number of aliphatic imine (C=N–C) groups is 1. The standard InChI is InChI=1S/C24H26N6O3/c1-23(9-15-4-6-17(32-3)7-5-15)13-24(21(31)30(2)22(25)29-24)18-8-19(28-12-20(18)33-23)16-10-26-14-27-11-16/h4-8,10-12,14,21,31H,9,13H2,1-3H3,(H2,25,29). The summed E-state index contributed by atoms with van der Waals surface area (Å²) in [6.07, 6.45) is 6.64. The fourth-order valence-electron chi connectivity index (χ4n) is 4.81. The van der Waals surface area contributed by atoms with Gasteiger partial charge >= 0.3 is 0 Å². The van der Waals surface area contributed by atoms with E-state index in [9.17, 15) is 5.11 Å². The highest BCUT2D eigenvalue weighted by atomic mass is 16.5. The lowest BCUT2D eigenvalue weighted by Gasteiger charge is -2.45. The zero-order valence-corrected chi connectivity index (χ0v) is 18.8. The molecule has 3 atom stereocenters. The number of hydrogen-bond acceptors (Lipinski definition) is 9. The second-order valence-corrected chi connectivity index (χ2v) is 8.83. The summed E-state index contributed by atoms with van der Waals surface area (Å²) in [6.45, 7) is 2.03. The number of rotatable bonds is 4. The summed E-state index contributed by atoms with van der Waals surface area (Å²) in [7, 11) is 3.38. The van der Waals surface area contributed by atoms with E-state index in [0.29, 0.717) is 24.3 Å². The van der Waals surface area contributed by atoms with Gasteiger partial charge in [0.2, 0.25) is 0 Å². The second kappa shape index (κ2) is 7.70. The van der Waals surface area contributed by atoms with Gasteiger partial charge in [0.25, 0.3) is 0 Å². The van der Waals surface area contributed by atoms with Gasteiger partial charge in [0.1, 0.15) is 29.0 Å². The third-order valence-electron chi connectivity index (χ3n) is 6.40. The third-order valence-corrected chi connectivity index (χ3v) is 6.40. The van der Waals surface area contributed by atoms with Crippen molar-refractivity contribution in [3.05, 3.63) is 66.4 Å². The van der Waals surface area contributed by atoms with Crippen molar-refractivity contribution in [3.63, 3.8) is 0 Å². The molecule has 1 aromatic carbocycles. The van der Waals surface area contributed by atoms with Gasteiger partial charge in [-0.15, -0.1) is 0 Å². The molecule has 2 aliphatic heterocycles. The summed E-state index contributed by atoms with van der Waals surface area (Å²) < 4.78 is 11.8. The number of pyridine rings is 1. The lowest BCUT2D eigenvalue weighted by molar-refractivity contribution is -0.0481. The molecule has 3 unspecified atom stereocenters. The molecular formula is C24H26N6O3. The summed E-state index contributed by atoms with van der Waals surface area (Å²) in [4.78, 5) is 19.1. The van der Waals surface area contributed by atoms with Crippen LogP contribution in [0, 0.1) is 0 Å². The number of likely N-dealkylation sites (N-methyl/N-ethyl adjacent to an activating group) is 1. The number of aliphatic hydroxyl groups is 1. The first kappa shape index (κ1) is 21.1. The average Bonchev–Trinajstić information content (AvgIpc) is 3.03. The number of guanidine groups is 1. The molecule has 33 heavy (non-hydrogen) atoms. The van der Waals surface area contributed by atoms with E-state index in [2.05, 4.69) is 15.0 Å². The van der Waals surface area contributed by atoms with Crippen LogP contribution in [-0.2, 0) is 12.0 Å². The molecule has 0 bridgehead atoms. The molecule has 0 aliphatic carbocycles. The van der Waals surface area contributed by atoms with Crippen molar-refractivity contribution in [1.29, 1.82) is 0 Å². The summed E-state index contributed by atoms with van der Waals surface area (Å²) >= 11 is 0. The van der Waals surface area contributed by atoms with Gasteiger partial charge in [-0.25, -0.2) is 15.0 Å². The van der Waals surface area contributed by atoms with Crippen molar-refractivity contribution in [3.8, 4) is 22.8 Å². The molecule has 0 amide bonds. The van der Waals surface area contributed by atoms with Crippen molar-refractivity contribution in [1.82, 2.24) is 19.9 Å². The minimum absolute atomic E-state index is 0.281. The number of methoxy groups -OCH3 is 1. The molecule has 0 radical (unpaired) electrons. The quantitative estimate of drug-likeness (QED) is 0.625. The van der Waals surface area contributed by atoms with E-state index in [-0.39, 0.29) is 5.96 Å². The average molecular weight is 447 g/mol. The van der Waals surface area contributed by atoms with Crippen LogP contribution in [0.25, 0.3) is 11.3 Å². The van der Waals surface area contributed by atoms with Crippen LogP contribution in [0.1, 0.15) is 24.5 Å². The lowest BCUT2D eigenvalue weighted by Crippen LogP contribution is -2.53. The van der Waals surface area contributed by atoms with E-state index >= 15 is 0 Å². The molecule has 0 saturated carbocycles. The molecule has 9 nitrogen and oxygen atoms in total. The Balaban J connectivity index is 1.59. The SMILES string of the molecule is COc1ccc(CC2(C)CC3(N=C(N)N(C)C3O)c3cc(-c4cncnc4)ncc3O2)cc1. The van der Waals surface area contributed by atoms with Crippen molar-refractivity contribution in [2.75, 3.05) is 14.2 Å². The summed E-state index contributed by atoms with van der Waals surface area (Å²) in [6, 6.07) is 9.77. The molecule has 1 spiro atoms. The Labute approximate surface area is 191 Å². The zero-order valence-electron chi connectivity index (χ0n) is 18.8. The minimum Gasteiger partial charge on any atom is -0.497 e. The molecule has 3 aromatic rings. The zero-order chi connectivity index (χ0) is 23.2. The molecule has 2 aromatic heterocycles. The normalized spacial score (nSPS) is 26.0. The molecule has 0 fully saturated rings. The van der Waals surface area contributed by atoms with Crippen molar-refractivity contribution in [2.45, 2.75) is 37.1 Å². The Kier molecular flexibility index (Phi) is 4.93. The number of benzene rings is 1. The van der Waals surface area contributed by atoms with Gasteiger partial charge in [-0.1, -0.05) is 12.1 Å². The minimum atomic E-state index is -0.999. The molecule has 2 aliphatic rings. The van der Waals surface area contributed by atoms with Gasteiger partial charge in [0.05, 0.1) is 19.0 Å². The van der Waals surface area contributed by atoms with Crippen LogP contribution in [0.15, 0.2) is 60.2 Å². The van der Waals surface area contributed by atoms with E-state index in [4.69, 9.17) is 20.2 Å². The fourth-order valence-corrected chi connectivity index (χ4v) is 4.81. The van der Waals surface area contributed by atoms with Crippen LogP contribution < -0.4 is 15.2 Å². The monoisotopic (exact) mass is 446 g/mol. The first-order valence-corrected chi connectivity index (χ1v) is 10.7. The number of nitrogens with two attached hydrogens (primary N) is 1. The molecule has 4 heterocycles. The topological polar surface area (TPSA) is 119 Å². The van der Waals surface area contributed by atoms with Gasteiger partial charge in [0.15, 0.2) is 12.2 Å². The number of hydrogen-bond donors (Lipinski definition) is 2. The first-order valence-electron chi connectivity index (χ1n) is 10.7. The third kappa shape index (κ3) is 3.54. The van der Waals surface area contributed by atoms with Crippen LogP contribution in [0.4, 0.5) is 0 Å². The van der Waals surface area contributed by atoms with E-state index in [0.717, 1.165) is 22.4 Å². The largest absolute Gasteiger partial charge is 0.497 e.